The van der Waals surface area contributed by atoms with E-state index in [1.807, 2.05) is 24.7 Å². The van der Waals surface area contributed by atoms with Crippen LogP contribution in [0.25, 0.3) is 10.9 Å². The van der Waals surface area contributed by atoms with Crippen molar-refractivity contribution in [3.63, 3.8) is 0 Å². The number of ether oxygens (including phenoxy) is 1. The van der Waals surface area contributed by atoms with Crippen LogP contribution in [-0.4, -0.2) is 38.0 Å². The third kappa shape index (κ3) is 9.56. The zero-order valence-electron chi connectivity index (χ0n) is 24.4. The molecule has 3 aromatic rings. The molecule has 9 heteroatoms. The van der Waals surface area contributed by atoms with Crippen LogP contribution in [0.3, 0.4) is 0 Å². The third-order valence-corrected chi connectivity index (χ3v) is 5.83. The van der Waals surface area contributed by atoms with E-state index in [0.29, 0.717) is 23.0 Å². The minimum Gasteiger partial charge on any atom is -0.488 e. The van der Waals surface area contributed by atoms with Gasteiger partial charge in [-0.05, 0) is 44.9 Å². The summed E-state index contributed by atoms with van der Waals surface area (Å²) in [6.07, 6.45) is 8.93. The lowest BCUT2D eigenvalue weighted by molar-refractivity contribution is 0.0126. The number of carbonyl (C=O) groups is 1. The van der Waals surface area contributed by atoms with Gasteiger partial charge in [-0.2, -0.15) is 13.9 Å². The Kier molecular flexibility index (Phi) is 11.8. The van der Waals surface area contributed by atoms with E-state index < -0.39 is 23.1 Å². The molecule has 216 valence electrons. The van der Waals surface area contributed by atoms with Crippen molar-refractivity contribution in [3.8, 4) is 5.75 Å². The summed E-state index contributed by atoms with van der Waals surface area (Å²) in [5.41, 5.74) is -0.658. The van der Waals surface area contributed by atoms with Crippen molar-refractivity contribution in [2.24, 2.45) is 0 Å². The molecule has 0 unspecified atom stereocenters. The maximum atomic E-state index is 13.7. The van der Waals surface area contributed by atoms with E-state index in [1.165, 1.54) is 43.9 Å². The van der Waals surface area contributed by atoms with E-state index in [-0.39, 0.29) is 12.3 Å². The Hall–Kier alpha value is -3.07. The number of alkyl halides is 2. The lowest BCUT2D eigenvalue weighted by Gasteiger charge is -2.21. The molecule has 0 saturated heterocycles. The van der Waals surface area contributed by atoms with E-state index in [9.17, 15) is 18.7 Å². The Morgan fingerprint density at radius 3 is 2.36 bits per heavy atom. The molecule has 2 heterocycles. The number of aliphatic hydroxyl groups is 1. The topological polar surface area (TPSA) is 89.3 Å². The minimum atomic E-state index is -3.16. The average Bonchev–Trinajstić information content (AvgIpc) is 3.31. The summed E-state index contributed by atoms with van der Waals surface area (Å²) in [4.78, 5) is 16.7. The Balaban J connectivity index is 0.000000998. The maximum Gasteiger partial charge on any atom is 0.287 e. The maximum absolute atomic E-state index is 13.7. The lowest BCUT2D eigenvalue weighted by Crippen LogP contribution is -2.28. The zero-order chi connectivity index (χ0) is 29.2. The summed E-state index contributed by atoms with van der Waals surface area (Å²) in [7, 11) is 0. The van der Waals surface area contributed by atoms with E-state index >= 15 is 0 Å². The molecule has 0 bridgehead atoms. The van der Waals surface area contributed by atoms with Crippen LogP contribution in [0.1, 0.15) is 109 Å². The first-order chi connectivity index (χ1) is 18.4. The normalized spacial score (nSPS) is 14.1. The molecule has 0 aliphatic heterocycles. The van der Waals surface area contributed by atoms with E-state index in [1.54, 1.807) is 26.0 Å². The number of pyridine rings is 1. The molecule has 0 radical (unpaired) electrons. The van der Waals surface area contributed by atoms with Crippen LogP contribution in [0.5, 0.6) is 5.75 Å². The number of halogens is 2. The number of hydrogen-bond donors (Lipinski definition) is 2. The number of carbonyl (C=O) groups excluding carboxylic acids is 1. The van der Waals surface area contributed by atoms with Gasteiger partial charge in [0.05, 0.1) is 22.8 Å². The molecule has 0 atom stereocenters. The fourth-order valence-electron chi connectivity index (χ4n) is 4.07. The van der Waals surface area contributed by atoms with Crippen molar-refractivity contribution >= 4 is 22.5 Å². The largest absolute Gasteiger partial charge is 0.488 e. The first-order valence-corrected chi connectivity index (χ1v) is 14.0. The monoisotopic (exact) mass is 546 g/mol. The third-order valence-electron chi connectivity index (χ3n) is 5.83. The van der Waals surface area contributed by atoms with Crippen molar-refractivity contribution < 1.29 is 23.4 Å². The number of fused-ring (bicyclic) bond motifs is 1. The molecule has 7 nitrogen and oxygen atoms in total. The van der Waals surface area contributed by atoms with Crippen LogP contribution < -0.4 is 10.1 Å². The summed E-state index contributed by atoms with van der Waals surface area (Å²) in [5, 5.41) is 18.4. The van der Waals surface area contributed by atoms with Crippen molar-refractivity contribution in [1.82, 2.24) is 14.8 Å². The van der Waals surface area contributed by atoms with Crippen LogP contribution in [0.4, 0.5) is 14.5 Å². The summed E-state index contributed by atoms with van der Waals surface area (Å²) in [6.45, 7) is 12.2. The number of aromatic nitrogens is 3. The van der Waals surface area contributed by atoms with Gasteiger partial charge in [0.25, 0.3) is 11.8 Å². The molecular weight excluding hydrogens is 502 g/mol. The Morgan fingerprint density at radius 1 is 1.13 bits per heavy atom. The molecule has 4 rings (SSSR count). The van der Waals surface area contributed by atoms with Crippen LogP contribution >= 0.6 is 0 Å². The highest BCUT2D eigenvalue weighted by atomic mass is 19.3. The van der Waals surface area contributed by atoms with E-state index in [2.05, 4.69) is 24.1 Å². The van der Waals surface area contributed by atoms with Gasteiger partial charge in [-0.3, -0.25) is 9.48 Å². The second-order valence-electron chi connectivity index (χ2n) is 10.4. The molecule has 1 saturated carbocycles. The molecule has 1 aromatic carbocycles. The van der Waals surface area contributed by atoms with Crippen LogP contribution in [0, 0.1) is 0 Å². The first kappa shape index (κ1) is 32.1. The summed E-state index contributed by atoms with van der Waals surface area (Å²) < 4.78 is 35.2. The van der Waals surface area contributed by atoms with E-state index in [0.717, 1.165) is 25.2 Å². The van der Waals surface area contributed by atoms with Gasteiger partial charge < -0.3 is 15.2 Å². The molecule has 1 amide bonds. The SMILES string of the molecule is CC.CC(C)(O)COc1cc2nn(C3CCCCC3)cc2cc1NC(=O)c1cccc(C(C)(F)F)n1.CCC. The molecule has 2 N–H and O–H groups in total. The second kappa shape index (κ2) is 14.4. The number of benzene rings is 1. The van der Waals surface area contributed by atoms with Gasteiger partial charge in [-0.15, -0.1) is 0 Å². The lowest BCUT2D eigenvalue weighted by atomic mass is 9.96. The van der Waals surface area contributed by atoms with Crippen molar-refractivity contribution in [1.29, 1.82) is 0 Å². The molecule has 1 aliphatic carbocycles. The summed E-state index contributed by atoms with van der Waals surface area (Å²) in [5.74, 6) is -3.48. The molecule has 1 fully saturated rings. The summed E-state index contributed by atoms with van der Waals surface area (Å²) in [6, 6.07) is 7.74. The standard InChI is InChI=1S/C25H30F2N4O3.C3H8.C2H6/c1-24(2,33)15-34-21-13-19-16(14-31(30-19)17-8-5-4-6-9-17)12-20(21)29-23(32)18-10-7-11-22(28-18)25(3,26)27;1-3-2;1-2/h7,10-14,17,33H,4-6,8-9,15H2,1-3H3,(H,29,32);3H2,1-2H3;1-2H3. The highest BCUT2D eigenvalue weighted by Crippen LogP contribution is 2.34. The highest BCUT2D eigenvalue weighted by Gasteiger charge is 2.27. The fraction of sp³-hybridized carbons (Fsp3) is 0.567. The zero-order valence-corrected chi connectivity index (χ0v) is 24.4. The Morgan fingerprint density at radius 2 is 1.77 bits per heavy atom. The van der Waals surface area contributed by atoms with Crippen LogP contribution in [0.15, 0.2) is 36.5 Å². The average molecular weight is 547 g/mol. The van der Waals surface area contributed by atoms with Gasteiger partial charge in [-0.1, -0.05) is 59.4 Å². The number of rotatable bonds is 7. The quantitative estimate of drug-likeness (QED) is 0.314. The second-order valence-corrected chi connectivity index (χ2v) is 10.4. The van der Waals surface area contributed by atoms with Crippen molar-refractivity contribution in [2.75, 3.05) is 11.9 Å². The Labute approximate surface area is 231 Å². The van der Waals surface area contributed by atoms with Crippen LogP contribution in [0.2, 0.25) is 0 Å². The highest BCUT2D eigenvalue weighted by molar-refractivity contribution is 6.05. The first-order valence-electron chi connectivity index (χ1n) is 14.0. The van der Waals surface area contributed by atoms with Gasteiger partial charge in [0.1, 0.15) is 23.7 Å². The van der Waals surface area contributed by atoms with Gasteiger partial charge in [0.15, 0.2) is 0 Å². The van der Waals surface area contributed by atoms with Gasteiger partial charge in [0, 0.05) is 24.6 Å². The molecule has 2 aromatic heterocycles. The number of nitrogens with zero attached hydrogens (tertiary/aromatic N) is 3. The summed E-state index contributed by atoms with van der Waals surface area (Å²) >= 11 is 0. The van der Waals surface area contributed by atoms with E-state index in [4.69, 9.17) is 9.84 Å². The van der Waals surface area contributed by atoms with Crippen molar-refractivity contribution in [3.05, 3.63) is 47.9 Å². The number of amides is 1. The predicted molar refractivity (Wildman–Crippen MR) is 153 cm³/mol. The van der Waals surface area contributed by atoms with Gasteiger partial charge in [-0.25, -0.2) is 4.98 Å². The fourth-order valence-corrected chi connectivity index (χ4v) is 4.07. The number of nitrogens with one attached hydrogen (secondary N) is 1. The minimum absolute atomic E-state index is 0.0134. The molecule has 1 aliphatic rings. The van der Waals surface area contributed by atoms with Crippen molar-refractivity contribution in [2.45, 2.75) is 105 Å². The smallest absolute Gasteiger partial charge is 0.287 e. The predicted octanol–water partition coefficient (Wildman–Crippen LogP) is 7.89. The number of hydrogen-bond acceptors (Lipinski definition) is 5. The molecule has 39 heavy (non-hydrogen) atoms. The van der Waals surface area contributed by atoms with Gasteiger partial charge >= 0.3 is 0 Å². The van der Waals surface area contributed by atoms with Gasteiger partial charge in [0.2, 0.25) is 0 Å². The molecule has 0 spiro atoms. The van der Waals surface area contributed by atoms with Crippen LogP contribution in [-0.2, 0) is 5.92 Å². The number of anilines is 1. The molecular formula is C30H44F2N4O3. The Bertz CT molecular complexity index is 1190.